The molecule has 0 aliphatic rings. The van der Waals surface area contributed by atoms with Gasteiger partial charge in [-0.25, -0.2) is 4.98 Å². The Morgan fingerprint density at radius 3 is 2.68 bits per heavy atom. The van der Waals surface area contributed by atoms with Crippen LogP contribution in [0.25, 0.3) is 11.3 Å². The van der Waals surface area contributed by atoms with Gasteiger partial charge in [0.15, 0.2) is 23.3 Å². The van der Waals surface area contributed by atoms with E-state index in [2.05, 4.69) is 15.3 Å². The van der Waals surface area contributed by atoms with Crippen molar-refractivity contribution in [3.8, 4) is 28.8 Å². The van der Waals surface area contributed by atoms with Crippen molar-refractivity contribution in [3.63, 3.8) is 0 Å². The number of methoxy groups -OCH3 is 1. The zero-order chi connectivity index (χ0) is 22.2. The number of nitrogens with zero attached hydrogens (tertiary/aromatic N) is 2. The van der Waals surface area contributed by atoms with Crippen molar-refractivity contribution in [2.45, 2.75) is 11.7 Å². The summed E-state index contributed by atoms with van der Waals surface area (Å²) in [5.74, 6) is 0.433. The average molecular weight is 436 g/mol. The van der Waals surface area contributed by atoms with Crippen molar-refractivity contribution in [1.82, 2.24) is 15.3 Å². The van der Waals surface area contributed by atoms with Crippen LogP contribution in [0.1, 0.15) is 11.1 Å². The summed E-state index contributed by atoms with van der Waals surface area (Å²) in [6, 6.07) is 16.3. The molecule has 1 heterocycles. The molecular formula is C22H20N4O4S. The maximum Gasteiger partial charge on any atom is 0.270 e. The van der Waals surface area contributed by atoms with E-state index >= 15 is 0 Å². The standard InChI is InChI=1S/C22H20N4O4S/c1-29-18-10-15(20-16(11-23)21(28)26-22(25-20)31-2)8-9-17(18)30-13-19(27)24-12-14-6-4-3-5-7-14/h3-10H,12-13H2,1-2H3,(H,24,27)(H,25,26,28). The third kappa shape index (κ3) is 5.43. The lowest BCUT2D eigenvalue weighted by Gasteiger charge is -2.13. The second-order valence-corrected chi connectivity index (χ2v) is 7.12. The lowest BCUT2D eigenvalue weighted by molar-refractivity contribution is -0.123. The predicted octanol–water partition coefficient (Wildman–Crippen LogP) is 2.73. The number of hydrogen-bond donors (Lipinski definition) is 2. The topological polar surface area (TPSA) is 117 Å². The number of carbonyl (C=O) groups is 1. The first-order valence-corrected chi connectivity index (χ1v) is 10.5. The highest BCUT2D eigenvalue weighted by Gasteiger charge is 2.16. The first-order valence-electron chi connectivity index (χ1n) is 9.26. The number of nitriles is 1. The number of hydrogen-bond acceptors (Lipinski definition) is 7. The van der Waals surface area contributed by atoms with Crippen LogP contribution >= 0.6 is 11.8 Å². The quantitative estimate of drug-likeness (QED) is 0.412. The molecule has 8 nitrogen and oxygen atoms in total. The van der Waals surface area contributed by atoms with E-state index < -0.39 is 5.56 Å². The second kappa shape index (κ2) is 10.3. The molecule has 9 heteroatoms. The van der Waals surface area contributed by atoms with E-state index in [1.165, 1.54) is 18.9 Å². The molecule has 0 bridgehead atoms. The Hall–Kier alpha value is -3.77. The second-order valence-electron chi connectivity index (χ2n) is 6.33. The van der Waals surface area contributed by atoms with Gasteiger partial charge in [0.1, 0.15) is 11.6 Å². The van der Waals surface area contributed by atoms with Gasteiger partial charge in [-0.05, 0) is 30.0 Å². The van der Waals surface area contributed by atoms with Crippen LogP contribution in [0.3, 0.4) is 0 Å². The molecule has 2 aromatic carbocycles. The van der Waals surface area contributed by atoms with E-state index in [9.17, 15) is 14.9 Å². The Kier molecular flexibility index (Phi) is 7.30. The minimum Gasteiger partial charge on any atom is -0.493 e. The summed E-state index contributed by atoms with van der Waals surface area (Å²) in [7, 11) is 1.46. The molecule has 0 radical (unpaired) electrons. The molecule has 0 unspecified atom stereocenters. The lowest BCUT2D eigenvalue weighted by Crippen LogP contribution is -2.28. The van der Waals surface area contributed by atoms with Gasteiger partial charge in [-0.1, -0.05) is 42.1 Å². The summed E-state index contributed by atoms with van der Waals surface area (Å²) in [5, 5.41) is 12.5. The molecule has 1 amide bonds. The maximum absolute atomic E-state index is 12.2. The zero-order valence-corrected chi connectivity index (χ0v) is 17.8. The highest BCUT2D eigenvalue weighted by Crippen LogP contribution is 2.32. The lowest BCUT2D eigenvalue weighted by atomic mass is 10.1. The van der Waals surface area contributed by atoms with Crippen molar-refractivity contribution < 1.29 is 14.3 Å². The Bertz CT molecular complexity index is 1170. The molecule has 0 saturated carbocycles. The van der Waals surface area contributed by atoms with E-state index in [1.54, 1.807) is 24.5 Å². The van der Waals surface area contributed by atoms with Crippen LogP contribution < -0.4 is 20.3 Å². The van der Waals surface area contributed by atoms with Crippen LogP contribution in [0.2, 0.25) is 0 Å². The summed E-state index contributed by atoms with van der Waals surface area (Å²) >= 11 is 1.26. The Morgan fingerprint density at radius 1 is 1.23 bits per heavy atom. The summed E-state index contributed by atoms with van der Waals surface area (Å²) in [6.45, 7) is 0.216. The largest absolute Gasteiger partial charge is 0.493 e. The highest BCUT2D eigenvalue weighted by molar-refractivity contribution is 7.98. The molecule has 0 aliphatic heterocycles. The van der Waals surface area contributed by atoms with Crippen molar-refractivity contribution in [2.24, 2.45) is 0 Å². The number of carbonyl (C=O) groups excluding carboxylic acids is 1. The first-order chi connectivity index (χ1) is 15.0. The third-order valence-corrected chi connectivity index (χ3v) is 4.91. The van der Waals surface area contributed by atoms with Gasteiger partial charge < -0.3 is 19.8 Å². The minimum atomic E-state index is -0.508. The number of ether oxygens (including phenoxy) is 2. The number of amides is 1. The van der Waals surface area contributed by atoms with Crippen LogP contribution in [-0.4, -0.2) is 35.8 Å². The number of H-pyrrole nitrogens is 1. The molecule has 0 spiro atoms. The van der Waals surface area contributed by atoms with E-state index in [0.29, 0.717) is 28.8 Å². The van der Waals surface area contributed by atoms with Gasteiger partial charge in [0, 0.05) is 12.1 Å². The number of nitrogens with one attached hydrogen (secondary N) is 2. The SMILES string of the molecule is COc1cc(-c2nc(SC)[nH]c(=O)c2C#N)ccc1OCC(=O)NCc1ccccc1. The van der Waals surface area contributed by atoms with E-state index in [4.69, 9.17) is 9.47 Å². The van der Waals surface area contributed by atoms with E-state index in [-0.39, 0.29) is 23.8 Å². The van der Waals surface area contributed by atoms with Crippen LogP contribution in [0.5, 0.6) is 11.5 Å². The van der Waals surface area contributed by atoms with Gasteiger partial charge in [0.2, 0.25) is 0 Å². The average Bonchev–Trinajstić information content (AvgIpc) is 2.81. The number of aromatic amines is 1. The molecule has 1 aromatic heterocycles. The summed E-state index contributed by atoms with van der Waals surface area (Å²) < 4.78 is 11.0. The minimum absolute atomic E-state index is 0.0891. The smallest absolute Gasteiger partial charge is 0.270 e. The molecule has 0 saturated heterocycles. The van der Waals surface area contributed by atoms with E-state index in [0.717, 1.165) is 5.56 Å². The van der Waals surface area contributed by atoms with Crippen LogP contribution in [-0.2, 0) is 11.3 Å². The fourth-order valence-corrected chi connectivity index (χ4v) is 3.16. The fourth-order valence-electron chi connectivity index (χ4n) is 2.79. The first kappa shape index (κ1) is 21.9. The highest BCUT2D eigenvalue weighted by atomic mass is 32.2. The molecule has 0 aliphatic carbocycles. The maximum atomic E-state index is 12.2. The number of benzene rings is 2. The molecule has 3 rings (SSSR count). The number of thioether (sulfide) groups is 1. The molecule has 31 heavy (non-hydrogen) atoms. The predicted molar refractivity (Wildman–Crippen MR) is 117 cm³/mol. The molecular weight excluding hydrogens is 416 g/mol. The van der Waals surface area contributed by atoms with Crippen molar-refractivity contribution in [2.75, 3.05) is 20.0 Å². The van der Waals surface area contributed by atoms with Crippen LogP contribution in [0.15, 0.2) is 58.5 Å². The van der Waals surface area contributed by atoms with E-state index in [1.807, 2.05) is 36.4 Å². The van der Waals surface area contributed by atoms with Gasteiger partial charge in [-0.2, -0.15) is 5.26 Å². The fraction of sp³-hybridized carbons (Fsp3) is 0.182. The summed E-state index contributed by atoms with van der Waals surface area (Å²) in [5.41, 5.74) is 1.16. The van der Waals surface area contributed by atoms with Gasteiger partial charge >= 0.3 is 0 Å². The number of rotatable bonds is 8. The van der Waals surface area contributed by atoms with Crippen molar-refractivity contribution >= 4 is 17.7 Å². The van der Waals surface area contributed by atoms with Crippen molar-refractivity contribution in [1.29, 1.82) is 5.26 Å². The summed E-state index contributed by atoms with van der Waals surface area (Å²) in [4.78, 5) is 31.2. The number of aromatic nitrogens is 2. The molecule has 0 fully saturated rings. The Labute approximate surface area is 183 Å². The monoisotopic (exact) mass is 436 g/mol. The van der Waals surface area contributed by atoms with Crippen molar-refractivity contribution in [3.05, 3.63) is 70.0 Å². The normalized spacial score (nSPS) is 10.2. The Morgan fingerprint density at radius 2 is 2.00 bits per heavy atom. The van der Waals surface area contributed by atoms with Crippen LogP contribution in [0, 0.1) is 11.3 Å². The molecule has 3 aromatic rings. The Balaban J connectivity index is 1.75. The summed E-state index contributed by atoms with van der Waals surface area (Å²) in [6.07, 6.45) is 1.77. The van der Waals surface area contributed by atoms with Gasteiger partial charge in [-0.15, -0.1) is 0 Å². The van der Waals surface area contributed by atoms with Gasteiger partial charge in [0.25, 0.3) is 11.5 Å². The van der Waals surface area contributed by atoms with Gasteiger partial charge in [0.05, 0.1) is 12.8 Å². The molecule has 2 N–H and O–H groups in total. The third-order valence-electron chi connectivity index (χ3n) is 4.33. The van der Waals surface area contributed by atoms with Gasteiger partial charge in [-0.3, -0.25) is 9.59 Å². The molecule has 158 valence electrons. The zero-order valence-electron chi connectivity index (χ0n) is 17.0. The van der Waals surface area contributed by atoms with Crippen LogP contribution in [0.4, 0.5) is 0 Å². The molecule has 0 atom stereocenters.